The first-order valence-corrected chi connectivity index (χ1v) is 9.53. The fourth-order valence-electron chi connectivity index (χ4n) is 2.83. The molecule has 0 bridgehead atoms. The molecule has 0 unspecified atom stereocenters. The van der Waals surface area contributed by atoms with Crippen molar-refractivity contribution < 1.29 is 19.1 Å². The Labute approximate surface area is 174 Å². The molecule has 152 valence electrons. The lowest BCUT2D eigenvalue weighted by molar-refractivity contribution is -0.131. The molecular formula is C24H22N2O4. The van der Waals surface area contributed by atoms with Crippen LogP contribution in [-0.4, -0.2) is 17.8 Å². The molecule has 0 heterocycles. The van der Waals surface area contributed by atoms with Gasteiger partial charge in [-0.2, -0.15) is 0 Å². The number of hydrogen-bond donors (Lipinski definition) is 2. The maximum Gasteiger partial charge on any atom is 0.308 e. The molecule has 0 saturated carbocycles. The Hall–Kier alpha value is -3.93. The number of carbonyl (C=O) groups excluding carboxylic acids is 3. The molecule has 0 aliphatic carbocycles. The molecule has 30 heavy (non-hydrogen) atoms. The van der Waals surface area contributed by atoms with Crippen molar-refractivity contribution in [2.45, 2.75) is 19.8 Å². The molecule has 6 heteroatoms. The number of nitrogens with one attached hydrogen (secondary N) is 2. The van der Waals surface area contributed by atoms with Crippen molar-refractivity contribution in [3.63, 3.8) is 0 Å². The minimum Gasteiger partial charge on any atom is -0.427 e. The SMILES string of the molecule is CC(=O)Oc1cccc(C(=O)Nc2ccc(NC(=O)CCc3ccccc3)cc2)c1. The van der Waals surface area contributed by atoms with Crippen LogP contribution in [0.2, 0.25) is 0 Å². The van der Waals surface area contributed by atoms with E-state index >= 15 is 0 Å². The molecule has 6 nitrogen and oxygen atoms in total. The Balaban J connectivity index is 1.53. The number of ether oxygens (including phenoxy) is 1. The van der Waals surface area contributed by atoms with E-state index in [0.717, 1.165) is 5.56 Å². The maximum absolute atomic E-state index is 12.4. The molecule has 0 aromatic heterocycles. The zero-order valence-electron chi connectivity index (χ0n) is 16.6. The topological polar surface area (TPSA) is 84.5 Å². The van der Waals surface area contributed by atoms with Crippen LogP contribution in [0.1, 0.15) is 29.3 Å². The second kappa shape index (κ2) is 10.0. The molecule has 2 amide bonds. The van der Waals surface area contributed by atoms with Crippen molar-refractivity contribution in [3.8, 4) is 5.75 Å². The molecule has 3 aromatic rings. The summed E-state index contributed by atoms with van der Waals surface area (Å²) in [6.45, 7) is 1.30. The number of esters is 1. The minimum atomic E-state index is -0.450. The van der Waals surface area contributed by atoms with Gasteiger partial charge in [0.05, 0.1) is 0 Å². The van der Waals surface area contributed by atoms with Gasteiger partial charge in [-0.3, -0.25) is 14.4 Å². The van der Waals surface area contributed by atoms with Gasteiger partial charge in [-0.1, -0.05) is 36.4 Å². The van der Waals surface area contributed by atoms with E-state index in [-0.39, 0.29) is 11.8 Å². The number of benzene rings is 3. The van der Waals surface area contributed by atoms with Crippen molar-refractivity contribution in [2.24, 2.45) is 0 Å². The number of rotatable bonds is 7. The Morgan fingerprint density at radius 2 is 1.47 bits per heavy atom. The Morgan fingerprint density at radius 1 is 0.800 bits per heavy atom. The lowest BCUT2D eigenvalue weighted by Crippen LogP contribution is -2.13. The zero-order chi connectivity index (χ0) is 21.3. The molecule has 3 aromatic carbocycles. The predicted octanol–water partition coefficient (Wildman–Crippen LogP) is 4.44. The molecule has 0 atom stereocenters. The predicted molar refractivity (Wildman–Crippen MR) is 116 cm³/mol. The van der Waals surface area contributed by atoms with Gasteiger partial charge >= 0.3 is 5.97 Å². The number of anilines is 2. The molecule has 0 aliphatic heterocycles. The van der Waals surface area contributed by atoms with Crippen LogP contribution >= 0.6 is 0 Å². The van der Waals surface area contributed by atoms with E-state index in [9.17, 15) is 14.4 Å². The van der Waals surface area contributed by atoms with Gasteiger partial charge in [-0.15, -0.1) is 0 Å². The van der Waals surface area contributed by atoms with E-state index in [2.05, 4.69) is 10.6 Å². The van der Waals surface area contributed by atoms with Gasteiger partial charge < -0.3 is 15.4 Å². The van der Waals surface area contributed by atoms with Crippen LogP contribution < -0.4 is 15.4 Å². The van der Waals surface area contributed by atoms with Crippen LogP contribution in [-0.2, 0) is 16.0 Å². The maximum atomic E-state index is 12.4. The zero-order valence-corrected chi connectivity index (χ0v) is 16.6. The van der Waals surface area contributed by atoms with E-state index < -0.39 is 5.97 Å². The fourth-order valence-corrected chi connectivity index (χ4v) is 2.83. The van der Waals surface area contributed by atoms with Gasteiger partial charge in [0.2, 0.25) is 5.91 Å². The largest absolute Gasteiger partial charge is 0.427 e. The standard InChI is InChI=1S/C24H22N2O4/c1-17(27)30-22-9-5-8-19(16-22)24(29)26-21-13-11-20(12-14-21)25-23(28)15-10-18-6-3-2-4-7-18/h2-9,11-14,16H,10,15H2,1H3,(H,25,28)(H,26,29). The third-order valence-electron chi connectivity index (χ3n) is 4.27. The lowest BCUT2D eigenvalue weighted by Gasteiger charge is -2.09. The van der Waals surface area contributed by atoms with E-state index in [1.807, 2.05) is 30.3 Å². The number of aryl methyl sites for hydroxylation is 1. The summed E-state index contributed by atoms with van der Waals surface area (Å²) in [7, 11) is 0. The number of amides is 2. The van der Waals surface area contributed by atoms with E-state index in [1.165, 1.54) is 13.0 Å². The highest BCUT2D eigenvalue weighted by atomic mass is 16.5. The second-order valence-electron chi connectivity index (χ2n) is 6.69. The highest BCUT2D eigenvalue weighted by Crippen LogP contribution is 2.18. The highest BCUT2D eigenvalue weighted by molar-refractivity contribution is 6.04. The van der Waals surface area contributed by atoms with Crippen molar-refractivity contribution in [1.29, 1.82) is 0 Å². The van der Waals surface area contributed by atoms with Crippen LogP contribution in [0.5, 0.6) is 5.75 Å². The van der Waals surface area contributed by atoms with Gasteiger partial charge in [0.1, 0.15) is 5.75 Å². The molecule has 2 N–H and O–H groups in total. The van der Waals surface area contributed by atoms with E-state index in [1.54, 1.807) is 42.5 Å². The molecule has 0 radical (unpaired) electrons. The quantitative estimate of drug-likeness (QED) is 0.452. The van der Waals surface area contributed by atoms with Gasteiger partial charge in [0.25, 0.3) is 5.91 Å². The molecule has 0 spiro atoms. The van der Waals surface area contributed by atoms with Crippen molar-refractivity contribution in [3.05, 3.63) is 90.0 Å². The summed E-state index contributed by atoms with van der Waals surface area (Å²) in [5, 5.41) is 5.62. The van der Waals surface area contributed by atoms with Gasteiger partial charge in [-0.25, -0.2) is 0 Å². The van der Waals surface area contributed by atoms with Gasteiger partial charge in [0.15, 0.2) is 0 Å². The van der Waals surface area contributed by atoms with Crippen LogP contribution in [0.25, 0.3) is 0 Å². The first-order valence-electron chi connectivity index (χ1n) is 9.53. The van der Waals surface area contributed by atoms with Crippen LogP contribution in [0.3, 0.4) is 0 Å². The van der Waals surface area contributed by atoms with E-state index in [4.69, 9.17) is 4.74 Å². The van der Waals surface area contributed by atoms with Gasteiger partial charge in [-0.05, 0) is 54.4 Å². The normalized spacial score (nSPS) is 10.2. The van der Waals surface area contributed by atoms with Crippen molar-refractivity contribution in [2.75, 3.05) is 10.6 Å². The Kier molecular flexibility index (Phi) is 6.95. The van der Waals surface area contributed by atoms with Crippen molar-refractivity contribution >= 4 is 29.2 Å². The Bertz CT molecular complexity index is 1030. The average Bonchev–Trinajstić information content (AvgIpc) is 2.74. The first kappa shape index (κ1) is 20.8. The highest BCUT2D eigenvalue weighted by Gasteiger charge is 2.09. The molecule has 0 aliphatic rings. The Morgan fingerprint density at radius 3 is 2.13 bits per heavy atom. The summed E-state index contributed by atoms with van der Waals surface area (Å²) in [6.07, 6.45) is 1.06. The fraction of sp³-hybridized carbons (Fsp3) is 0.125. The summed E-state index contributed by atoms with van der Waals surface area (Å²) >= 11 is 0. The molecule has 0 fully saturated rings. The van der Waals surface area contributed by atoms with Gasteiger partial charge in [0, 0.05) is 30.3 Å². The van der Waals surface area contributed by atoms with Crippen molar-refractivity contribution in [1.82, 2.24) is 0 Å². The minimum absolute atomic E-state index is 0.0714. The summed E-state index contributed by atoms with van der Waals surface area (Å²) in [5.41, 5.74) is 2.72. The third kappa shape index (κ3) is 6.31. The number of carbonyl (C=O) groups is 3. The monoisotopic (exact) mass is 402 g/mol. The van der Waals surface area contributed by atoms with Crippen LogP contribution in [0.15, 0.2) is 78.9 Å². The van der Waals surface area contributed by atoms with E-state index in [0.29, 0.717) is 35.5 Å². The summed E-state index contributed by atoms with van der Waals surface area (Å²) in [5.74, 6) is -0.542. The molecular weight excluding hydrogens is 380 g/mol. The number of hydrogen-bond acceptors (Lipinski definition) is 4. The molecule has 0 saturated heterocycles. The summed E-state index contributed by atoms with van der Waals surface area (Å²) in [6, 6.07) is 23.1. The smallest absolute Gasteiger partial charge is 0.308 e. The molecule has 3 rings (SSSR count). The van der Waals surface area contributed by atoms with Crippen LogP contribution in [0, 0.1) is 0 Å². The third-order valence-corrected chi connectivity index (χ3v) is 4.27. The van der Waals surface area contributed by atoms with Crippen LogP contribution in [0.4, 0.5) is 11.4 Å². The summed E-state index contributed by atoms with van der Waals surface area (Å²) in [4.78, 5) is 35.6. The average molecular weight is 402 g/mol. The second-order valence-corrected chi connectivity index (χ2v) is 6.69. The summed E-state index contributed by atoms with van der Waals surface area (Å²) < 4.78 is 5.00. The lowest BCUT2D eigenvalue weighted by atomic mass is 10.1. The first-order chi connectivity index (χ1) is 14.5.